The summed E-state index contributed by atoms with van der Waals surface area (Å²) >= 11 is 1.60. The Labute approximate surface area is 176 Å². The van der Waals surface area contributed by atoms with Gasteiger partial charge in [0, 0.05) is 13.1 Å². The van der Waals surface area contributed by atoms with Gasteiger partial charge in [-0.05, 0) is 69.7 Å². The van der Waals surface area contributed by atoms with Gasteiger partial charge in [-0.15, -0.1) is 11.3 Å². The molecule has 0 bridgehead atoms. The van der Waals surface area contributed by atoms with Crippen molar-refractivity contribution in [2.45, 2.75) is 45.1 Å². The highest BCUT2D eigenvalue weighted by Crippen LogP contribution is 2.23. The number of amides is 1. The monoisotopic (exact) mass is 417 g/mol. The average molecular weight is 418 g/mol. The molecule has 1 amide bonds. The van der Waals surface area contributed by atoms with E-state index in [0.29, 0.717) is 18.3 Å². The molecule has 1 N–H and O–H groups in total. The molecule has 1 atom stereocenters. The van der Waals surface area contributed by atoms with Gasteiger partial charge in [0.25, 0.3) is 0 Å². The summed E-state index contributed by atoms with van der Waals surface area (Å²) in [7, 11) is 0. The van der Waals surface area contributed by atoms with Crippen LogP contribution >= 0.6 is 11.3 Å². The fraction of sp³-hybridized carbons (Fsp3) is 0.667. The molecule has 29 heavy (non-hydrogen) atoms. The van der Waals surface area contributed by atoms with Crippen molar-refractivity contribution in [1.29, 1.82) is 0 Å². The van der Waals surface area contributed by atoms with E-state index in [9.17, 15) is 4.79 Å². The van der Waals surface area contributed by atoms with Crippen molar-refractivity contribution < 1.29 is 9.32 Å². The third-order valence-corrected chi connectivity index (χ3v) is 6.71. The van der Waals surface area contributed by atoms with Crippen molar-refractivity contribution in [2.24, 2.45) is 5.92 Å². The number of nitrogens with one attached hydrogen (secondary N) is 1. The van der Waals surface area contributed by atoms with Crippen LogP contribution in [0.15, 0.2) is 22.0 Å². The van der Waals surface area contributed by atoms with E-state index in [0.717, 1.165) is 50.3 Å². The lowest BCUT2D eigenvalue weighted by molar-refractivity contribution is -0.126. The number of thiophene rings is 1. The van der Waals surface area contributed by atoms with Crippen LogP contribution < -0.4 is 5.32 Å². The molecule has 1 unspecified atom stereocenters. The van der Waals surface area contributed by atoms with Crippen LogP contribution in [0.25, 0.3) is 10.7 Å². The number of likely N-dealkylation sites (tertiary alicyclic amines) is 2. The van der Waals surface area contributed by atoms with Crippen molar-refractivity contribution in [3.63, 3.8) is 0 Å². The fourth-order valence-corrected chi connectivity index (χ4v) is 4.92. The van der Waals surface area contributed by atoms with E-state index >= 15 is 0 Å². The van der Waals surface area contributed by atoms with Gasteiger partial charge >= 0.3 is 0 Å². The molecule has 4 rings (SSSR count). The zero-order chi connectivity index (χ0) is 19.9. The summed E-state index contributed by atoms with van der Waals surface area (Å²) in [5, 5.41) is 9.24. The Kier molecular flexibility index (Phi) is 7.29. The van der Waals surface area contributed by atoms with E-state index < -0.39 is 0 Å². The molecule has 2 saturated heterocycles. The quantitative estimate of drug-likeness (QED) is 0.666. The van der Waals surface area contributed by atoms with Crippen LogP contribution in [-0.4, -0.2) is 65.1 Å². The number of rotatable bonds is 8. The highest BCUT2D eigenvalue weighted by atomic mass is 32.1. The van der Waals surface area contributed by atoms with Gasteiger partial charge in [0.15, 0.2) is 0 Å². The summed E-state index contributed by atoms with van der Waals surface area (Å²) < 4.78 is 5.42. The zero-order valence-corrected chi connectivity index (χ0v) is 17.8. The van der Waals surface area contributed by atoms with E-state index in [1.165, 1.54) is 32.4 Å². The molecule has 0 aliphatic carbocycles. The first kappa shape index (κ1) is 20.5. The normalized spacial score (nSPS) is 21.3. The molecule has 2 aromatic heterocycles. The summed E-state index contributed by atoms with van der Waals surface area (Å²) in [4.78, 5) is 22.9. The van der Waals surface area contributed by atoms with E-state index in [4.69, 9.17) is 4.52 Å². The second-order valence-corrected chi connectivity index (χ2v) is 9.06. The molecule has 7 nitrogen and oxygen atoms in total. The predicted molar refractivity (Wildman–Crippen MR) is 114 cm³/mol. The minimum absolute atomic E-state index is 0.0541. The molecule has 4 heterocycles. The van der Waals surface area contributed by atoms with Crippen LogP contribution in [0.4, 0.5) is 0 Å². The van der Waals surface area contributed by atoms with Crippen LogP contribution in [0.1, 0.15) is 44.4 Å². The standard InChI is InChI=1S/C21H31N5O2S/c27-21(22-9-6-13-25-10-2-1-3-11-25)17-7-4-12-26(15-17)16-19-23-20(24-28-19)18-8-5-14-29-18/h5,8,14,17H,1-4,6-7,9-13,15-16H2,(H,22,27). The first-order valence-corrected chi connectivity index (χ1v) is 11.7. The number of nitrogens with zero attached hydrogens (tertiary/aromatic N) is 4. The third-order valence-electron chi connectivity index (χ3n) is 5.84. The van der Waals surface area contributed by atoms with E-state index in [-0.39, 0.29) is 11.8 Å². The van der Waals surface area contributed by atoms with Gasteiger partial charge in [0.1, 0.15) is 0 Å². The molecule has 2 fully saturated rings. The van der Waals surface area contributed by atoms with E-state index in [1.54, 1.807) is 11.3 Å². The molecule has 158 valence electrons. The lowest BCUT2D eigenvalue weighted by Gasteiger charge is -2.31. The fourth-order valence-electron chi connectivity index (χ4n) is 4.27. The number of hydrogen-bond donors (Lipinski definition) is 1. The number of carbonyl (C=O) groups excluding carboxylic acids is 1. The average Bonchev–Trinajstić information content (AvgIpc) is 3.44. The molecule has 8 heteroatoms. The van der Waals surface area contributed by atoms with Crippen LogP contribution in [0.2, 0.25) is 0 Å². The molecular weight excluding hydrogens is 386 g/mol. The first-order chi connectivity index (χ1) is 14.3. The Morgan fingerprint density at radius 2 is 2.07 bits per heavy atom. The maximum Gasteiger partial charge on any atom is 0.241 e. The number of piperidine rings is 2. The zero-order valence-electron chi connectivity index (χ0n) is 17.0. The summed E-state index contributed by atoms with van der Waals surface area (Å²) in [5.74, 6) is 1.52. The van der Waals surface area contributed by atoms with Gasteiger partial charge in [-0.25, -0.2) is 0 Å². The number of carbonyl (C=O) groups is 1. The summed E-state index contributed by atoms with van der Waals surface area (Å²) in [5.41, 5.74) is 0. The van der Waals surface area contributed by atoms with Crippen LogP contribution in [0.3, 0.4) is 0 Å². The molecule has 2 aliphatic rings. The lowest BCUT2D eigenvalue weighted by atomic mass is 9.97. The summed E-state index contributed by atoms with van der Waals surface area (Å²) in [6, 6.07) is 3.97. The Hall–Kier alpha value is -1.77. The Morgan fingerprint density at radius 1 is 1.21 bits per heavy atom. The Balaban J connectivity index is 1.19. The van der Waals surface area contributed by atoms with E-state index in [2.05, 4.69) is 25.3 Å². The van der Waals surface area contributed by atoms with Gasteiger partial charge in [-0.1, -0.05) is 17.6 Å². The predicted octanol–water partition coefficient (Wildman–Crippen LogP) is 3.00. The molecule has 0 saturated carbocycles. The minimum Gasteiger partial charge on any atom is -0.356 e. The molecule has 0 aromatic carbocycles. The SMILES string of the molecule is O=C(NCCCN1CCCCC1)C1CCCN(Cc2nc(-c3cccs3)no2)C1. The lowest BCUT2D eigenvalue weighted by Crippen LogP contribution is -2.43. The smallest absolute Gasteiger partial charge is 0.241 e. The van der Waals surface area contributed by atoms with Gasteiger partial charge < -0.3 is 14.7 Å². The summed E-state index contributed by atoms with van der Waals surface area (Å²) in [6.45, 7) is 6.65. The van der Waals surface area contributed by atoms with Crippen molar-refractivity contribution in [3.05, 3.63) is 23.4 Å². The highest BCUT2D eigenvalue weighted by molar-refractivity contribution is 7.13. The van der Waals surface area contributed by atoms with Gasteiger partial charge in [-0.2, -0.15) is 4.98 Å². The van der Waals surface area contributed by atoms with Crippen molar-refractivity contribution in [1.82, 2.24) is 25.3 Å². The van der Waals surface area contributed by atoms with Gasteiger partial charge in [0.2, 0.25) is 17.6 Å². The van der Waals surface area contributed by atoms with Gasteiger partial charge in [0.05, 0.1) is 17.3 Å². The van der Waals surface area contributed by atoms with Crippen LogP contribution in [0.5, 0.6) is 0 Å². The topological polar surface area (TPSA) is 74.5 Å². The van der Waals surface area contributed by atoms with Crippen molar-refractivity contribution in [3.8, 4) is 10.7 Å². The number of hydrogen-bond acceptors (Lipinski definition) is 7. The van der Waals surface area contributed by atoms with Crippen LogP contribution in [0, 0.1) is 5.92 Å². The minimum atomic E-state index is 0.0541. The van der Waals surface area contributed by atoms with Crippen molar-refractivity contribution >= 4 is 17.2 Å². The van der Waals surface area contributed by atoms with Crippen LogP contribution in [-0.2, 0) is 11.3 Å². The molecule has 0 radical (unpaired) electrons. The first-order valence-electron chi connectivity index (χ1n) is 10.9. The van der Waals surface area contributed by atoms with Crippen molar-refractivity contribution in [2.75, 3.05) is 39.3 Å². The van der Waals surface area contributed by atoms with E-state index in [1.807, 2.05) is 17.5 Å². The summed E-state index contributed by atoms with van der Waals surface area (Å²) in [6.07, 6.45) is 7.02. The molecule has 2 aliphatic heterocycles. The maximum atomic E-state index is 12.6. The second-order valence-electron chi connectivity index (χ2n) is 8.11. The Bertz CT molecular complexity index is 757. The second kappa shape index (κ2) is 10.3. The largest absolute Gasteiger partial charge is 0.356 e. The molecule has 2 aromatic rings. The molecular formula is C21H31N5O2S. The third kappa shape index (κ3) is 5.87. The number of aromatic nitrogens is 2. The molecule has 0 spiro atoms. The maximum absolute atomic E-state index is 12.6. The Morgan fingerprint density at radius 3 is 2.90 bits per heavy atom. The highest BCUT2D eigenvalue weighted by Gasteiger charge is 2.26. The van der Waals surface area contributed by atoms with Gasteiger partial charge in [-0.3, -0.25) is 9.69 Å².